The van der Waals surface area contributed by atoms with Gasteiger partial charge in [-0.05, 0) is 41.4 Å². The fraction of sp³-hybridized carbons (Fsp3) is 0.125. The first-order valence-electron chi connectivity index (χ1n) is 9.17. The Labute approximate surface area is 170 Å². The van der Waals surface area contributed by atoms with Gasteiger partial charge in [0.25, 0.3) is 5.70 Å². The summed E-state index contributed by atoms with van der Waals surface area (Å²) in [6.07, 6.45) is 9.91. The first-order chi connectivity index (χ1) is 13.9. The Morgan fingerprint density at radius 2 is 2.03 bits per heavy atom. The van der Waals surface area contributed by atoms with Gasteiger partial charge in [0.15, 0.2) is 6.20 Å². The molecule has 0 saturated heterocycles. The molecule has 5 nitrogen and oxygen atoms in total. The molecule has 5 heteroatoms. The number of carbonyl (C=O) groups excluding carboxylic acids is 1. The van der Waals surface area contributed by atoms with Gasteiger partial charge >= 0.3 is 5.91 Å². The monoisotopic (exact) mass is 386 g/mol. The van der Waals surface area contributed by atoms with E-state index >= 15 is 0 Å². The van der Waals surface area contributed by atoms with Gasteiger partial charge in [-0.2, -0.15) is 4.58 Å². The normalized spacial score (nSPS) is 17.4. The van der Waals surface area contributed by atoms with Crippen molar-refractivity contribution in [1.82, 2.24) is 0 Å². The van der Waals surface area contributed by atoms with Crippen molar-refractivity contribution in [2.75, 3.05) is 7.11 Å². The lowest BCUT2D eigenvalue weighted by Crippen LogP contribution is -2.18. The van der Waals surface area contributed by atoms with Crippen LogP contribution in [0.5, 0.6) is 0 Å². The number of nitrogens with two attached hydrogens (primary N) is 1. The summed E-state index contributed by atoms with van der Waals surface area (Å²) in [5.74, 6) is 0.288. The summed E-state index contributed by atoms with van der Waals surface area (Å²) >= 11 is 0. The highest BCUT2D eigenvalue weighted by atomic mass is 16.5. The molecule has 1 amide bonds. The van der Waals surface area contributed by atoms with Crippen LogP contribution in [-0.2, 0) is 9.53 Å². The summed E-state index contributed by atoms with van der Waals surface area (Å²) in [5.41, 5.74) is 11.3. The minimum absolute atomic E-state index is 0.354. The number of hydrogen-bond acceptors (Lipinski definition) is 3. The molecule has 146 valence electrons. The minimum Gasteiger partial charge on any atom is -0.501 e. The fourth-order valence-corrected chi connectivity index (χ4v) is 3.08. The second-order valence-electron chi connectivity index (χ2n) is 6.82. The van der Waals surface area contributed by atoms with Gasteiger partial charge in [0, 0.05) is 18.7 Å². The number of amides is 1. The van der Waals surface area contributed by atoms with Crippen molar-refractivity contribution >= 4 is 23.9 Å². The van der Waals surface area contributed by atoms with Crippen LogP contribution in [0.2, 0.25) is 0 Å². The molecule has 2 aliphatic heterocycles. The van der Waals surface area contributed by atoms with Gasteiger partial charge in [-0.1, -0.05) is 36.9 Å². The van der Waals surface area contributed by atoms with E-state index in [0.29, 0.717) is 12.1 Å². The Bertz CT molecular complexity index is 1060. The smallest absolute Gasteiger partial charge is 0.314 e. The lowest BCUT2D eigenvalue weighted by molar-refractivity contribution is -0.380. The largest absolute Gasteiger partial charge is 0.501 e. The molecule has 0 spiro atoms. The lowest BCUT2D eigenvalue weighted by atomic mass is 9.93. The first kappa shape index (κ1) is 20.0. The molecule has 2 N–H and O–H groups in total. The number of nitrogens with zero attached hydrogens (tertiary/aromatic N) is 2. The topological polar surface area (TPSA) is 67.7 Å². The SMILES string of the molecule is C=C1CC(C2=C[N+](=C)C(C(N)=O)=C2)=CN=C1C=C(C=C(C)OC)c1ccccc1. The van der Waals surface area contributed by atoms with Gasteiger partial charge in [-0.3, -0.25) is 9.79 Å². The molecule has 0 unspecified atom stereocenters. The Morgan fingerprint density at radius 3 is 2.62 bits per heavy atom. The summed E-state index contributed by atoms with van der Waals surface area (Å²) in [7, 11) is 1.65. The molecule has 1 aromatic rings. The number of aliphatic imine (C=N–C) groups is 1. The highest BCUT2D eigenvalue weighted by Gasteiger charge is 2.26. The van der Waals surface area contributed by atoms with Crippen LogP contribution in [0.4, 0.5) is 0 Å². The quantitative estimate of drug-likeness (QED) is 0.458. The Kier molecular flexibility index (Phi) is 5.88. The van der Waals surface area contributed by atoms with Crippen molar-refractivity contribution in [2.24, 2.45) is 10.7 Å². The summed E-state index contributed by atoms with van der Waals surface area (Å²) in [5, 5.41) is 0. The standard InChI is InChI=1S/C24H23N3O2/c1-16-10-20(21-13-23(24(25)28)27(3)15-21)14-26-22(16)12-19(11-17(2)29-4)18-8-6-5-7-9-18/h5-9,11-15H,1,3,10H2,2,4H3,(H-,25,28)/p+1. The molecular formula is C24H24N3O2+. The van der Waals surface area contributed by atoms with Crippen LogP contribution in [0.25, 0.3) is 5.57 Å². The van der Waals surface area contributed by atoms with Crippen LogP contribution in [-0.4, -0.2) is 30.0 Å². The molecule has 1 aromatic carbocycles. The molecule has 0 radical (unpaired) electrons. The predicted molar refractivity (Wildman–Crippen MR) is 117 cm³/mol. The Hall–Kier alpha value is -3.73. The van der Waals surface area contributed by atoms with E-state index in [0.717, 1.165) is 39.3 Å². The Morgan fingerprint density at radius 1 is 1.31 bits per heavy atom. The van der Waals surface area contributed by atoms with Crippen LogP contribution in [0.15, 0.2) is 101 Å². The van der Waals surface area contributed by atoms with E-state index in [-0.39, 0.29) is 0 Å². The van der Waals surface area contributed by atoms with Gasteiger partial charge in [0.1, 0.15) is 6.72 Å². The van der Waals surface area contributed by atoms with Crippen molar-refractivity contribution < 1.29 is 14.1 Å². The van der Waals surface area contributed by atoms with E-state index < -0.39 is 5.91 Å². The van der Waals surface area contributed by atoms with Crippen molar-refractivity contribution in [3.8, 4) is 0 Å². The van der Waals surface area contributed by atoms with Crippen LogP contribution >= 0.6 is 0 Å². The van der Waals surface area contributed by atoms with Crippen LogP contribution < -0.4 is 5.73 Å². The van der Waals surface area contributed by atoms with E-state index in [9.17, 15) is 4.79 Å². The van der Waals surface area contributed by atoms with Crippen molar-refractivity contribution in [2.45, 2.75) is 13.3 Å². The highest BCUT2D eigenvalue weighted by molar-refractivity contribution is 6.13. The minimum atomic E-state index is -0.513. The molecule has 0 atom stereocenters. The van der Waals surface area contributed by atoms with Crippen LogP contribution in [0.1, 0.15) is 18.9 Å². The average molecular weight is 386 g/mol. The number of hydrogen-bond donors (Lipinski definition) is 1. The van der Waals surface area contributed by atoms with Gasteiger partial charge in [-0.25, -0.2) is 0 Å². The molecule has 2 aliphatic rings. The maximum Gasteiger partial charge on any atom is 0.314 e. The third kappa shape index (κ3) is 4.58. The van der Waals surface area contributed by atoms with Gasteiger partial charge in [0.2, 0.25) is 0 Å². The Balaban J connectivity index is 1.96. The van der Waals surface area contributed by atoms with E-state index in [2.05, 4.69) is 18.3 Å². The number of allylic oxidation sites excluding steroid dienone is 8. The number of rotatable bonds is 6. The number of methoxy groups -OCH3 is 1. The van der Waals surface area contributed by atoms with E-state index in [1.54, 1.807) is 25.6 Å². The fourth-order valence-electron chi connectivity index (χ4n) is 3.08. The summed E-state index contributed by atoms with van der Waals surface area (Å²) in [6, 6.07) is 10.1. The van der Waals surface area contributed by atoms with Crippen molar-refractivity contribution in [3.05, 3.63) is 101 Å². The lowest BCUT2D eigenvalue weighted by Gasteiger charge is -2.14. The molecule has 0 aliphatic carbocycles. The zero-order valence-electron chi connectivity index (χ0n) is 16.7. The summed E-state index contributed by atoms with van der Waals surface area (Å²) in [6.45, 7) is 9.91. The van der Waals surface area contributed by atoms with E-state index in [1.807, 2.05) is 49.4 Å². The molecular weight excluding hydrogens is 362 g/mol. The maximum atomic E-state index is 11.5. The van der Waals surface area contributed by atoms with Crippen LogP contribution in [0, 0.1) is 0 Å². The number of carbonyl (C=O) groups is 1. The summed E-state index contributed by atoms with van der Waals surface area (Å²) in [4.78, 5) is 16.1. The van der Waals surface area contributed by atoms with E-state index in [4.69, 9.17) is 10.5 Å². The predicted octanol–water partition coefficient (Wildman–Crippen LogP) is 3.88. The van der Waals surface area contributed by atoms with Crippen molar-refractivity contribution in [3.63, 3.8) is 0 Å². The number of primary amides is 1. The molecule has 0 fully saturated rings. The average Bonchev–Trinajstić information content (AvgIpc) is 3.11. The second-order valence-corrected chi connectivity index (χ2v) is 6.82. The molecule has 3 rings (SSSR count). The number of benzene rings is 1. The first-order valence-corrected chi connectivity index (χ1v) is 9.17. The van der Waals surface area contributed by atoms with Gasteiger partial charge in [0.05, 0.1) is 24.2 Å². The maximum absolute atomic E-state index is 11.5. The molecule has 29 heavy (non-hydrogen) atoms. The van der Waals surface area contributed by atoms with E-state index in [1.165, 1.54) is 4.58 Å². The van der Waals surface area contributed by atoms with Crippen LogP contribution in [0.3, 0.4) is 0 Å². The number of ether oxygens (including phenoxy) is 1. The third-order valence-electron chi connectivity index (χ3n) is 4.73. The molecule has 2 heterocycles. The molecule has 0 saturated carbocycles. The summed E-state index contributed by atoms with van der Waals surface area (Å²) < 4.78 is 6.80. The van der Waals surface area contributed by atoms with Crippen molar-refractivity contribution in [1.29, 1.82) is 0 Å². The zero-order chi connectivity index (χ0) is 21.0. The van der Waals surface area contributed by atoms with Gasteiger partial charge in [-0.15, -0.1) is 0 Å². The second kappa shape index (κ2) is 8.52. The van der Waals surface area contributed by atoms with Gasteiger partial charge < -0.3 is 10.5 Å². The zero-order valence-corrected chi connectivity index (χ0v) is 16.7. The molecule has 0 aromatic heterocycles. The highest BCUT2D eigenvalue weighted by Crippen LogP contribution is 2.30. The molecule has 0 bridgehead atoms. The third-order valence-corrected chi connectivity index (χ3v) is 4.73.